The van der Waals surface area contributed by atoms with E-state index in [9.17, 15) is 13.2 Å². The van der Waals surface area contributed by atoms with Gasteiger partial charge in [-0.3, -0.25) is 0 Å². The highest BCUT2D eigenvalue weighted by Gasteiger charge is 2.27. The fourth-order valence-corrected chi connectivity index (χ4v) is 4.61. The van der Waals surface area contributed by atoms with E-state index in [4.69, 9.17) is 16.3 Å². The fourth-order valence-electron chi connectivity index (χ4n) is 2.60. The number of carbonyl (C=O) groups excluding carboxylic acids is 1. The lowest BCUT2D eigenvalue weighted by molar-refractivity contribution is 0.0518. The summed E-state index contributed by atoms with van der Waals surface area (Å²) in [6.45, 7) is 3.66. The predicted molar refractivity (Wildman–Crippen MR) is 104 cm³/mol. The van der Waals surface area contributed by atoms with Gasteiger partial charge in [-0.1, -0.05) is 29.3 Å². The Bertz CT molecular complexity index is 1100. The summed E-state index contributed by atoms with van der Waals surface area (Å²) in [6, 6.07) is 11.1. The lowest BCUT2D eigenvalue weighted by Crippen LogP contribution is -2.19. The van der Waals surface area contributed by atoms with Crippen LogP contribution < -0.4 is 0 Å². The van der Waals surface area contributed by atoms with Gasteiger partial charge in [-0.25, -0.2) is 17.2 Å². The number of hydrogen-bond donors (Lipinski definition) is 0. The van der Waals surface area contributed by atoms with E-state index in [1.54, 1.807) is 25.1 Å². The minimum Gasteiger partial charge on any atom is -0.461 e. The fraction of sp³-hybridized carbons (Fsp3) is 0.167. The maximum atomic E-state index is 13.2. The predicted octanol–water partition coefficient (Wildman–Crippen LogP) is 4.78. The van der Waals surface area contributed by atoms with Crippen LogP contribution in [0.15, 0.2) is 51.8 Å². The monoisotopic (exact) mass is 455 g/mol. The molecule has 2 aromatic carbocycles. The molecule has 1 aromatic heterocycles. The van der Waals surface area contributed by atoms with Crippen LogP contribution in [0.2, 0.25) is 5.02 Å². The number of rotatable bonds is 4. The summed E-state index contributed by atoms with van der Waals surface area (Å²) >= 11 is 9.47. The molecule has 0 aliphatic rings. The second-order valence-electron chi connectivity index (χ2n) is 5.66. The first-order valence-electron chi connectivity index (χ1n) is 7.75. The van der Waals surface area contributed by atoms with Crippen molar-refractivity contribution >= 4 is 54.4 Å². The van der Waals surface area contributed by atoms with Gasteiger partial charge in [0.25, 0.3) is 10.0 Å². The summed E-state index contributed by atoms with van der Waals surface area (Å²) in [7, 11) is -4.02. The zero-order valence-electron chi connectivity index (χ0n) is 14.0. The van der Waals surface area contributed by atoms with E-state index in [0.717, 1.165) is 9.54 Å². The zero-order chi connectivity index (χ0) is 19.1. The molecule has 0 bridgehead atoms. The zero-order valence-corrected chi connectivity index (χ0v) is 17.2. The first-order valence-corrected chi connectivity index (χ1v) is 10.4. The van der Waals surface area contributed by atoms with E-state index in [1.165, 1.54) is 24.3 Å². The third-order valence-corrected chi connectivity index (χ3v) is 6.78. The summed E-state index contributed by atoms with van der Waals surface area (Å²) in [6.07, 6.45) is 0. The van der Waals surface area contributed by atoms with E-state index >= 15 is 0 Å². The van der Waals surface area contributed by atoms with Gasteiger partial charge in [0, 0.05) is 9.86 Å². The smallest absolute Gasteiger partial charge is 0.356 e. The maximum Gasteiger partial charge on any atom is 0.356 e. The topological polar surface area (TPSA) is 65.4 Å². The molecule has 0 aliphatic heterocycles. The molecule has 0 spiro atoms. The first-order chi connectivity index (χ1) is 12.3. The Labute approximate surface area is 164 Å². The van der Waals surface area contributed by atoms with Crippen molar-refractivity contribution in [3.05, 3.63) is 63.2 Å². The third kappa shape index (κ3) is 3.26. The summed E-state index contributed by atoms with van der Waals surface area (Å²) in [4.78, 5) is 12.5. The van der Waals surface area contributed by atoms with Gasteiger partial charge < -0.3 is 4.74 Å². The van der Waals surface area contributed by atoms with Crippen LogP contribution in [-0.4, -0.2) is 25.0 Å². The van der Waals surface area contributed by atoms with Crippen LogP contribution in [0, 0.1) is 6.92 Å². The number of ether oxygens (including phenoxy) is 1. The summed E-state index contributed by atoms with van der Waals surface area (Å²) in [5.74, 6) is -0.716. The number of aromatic nitrogens is 1. The van der Waals surface area contributed by atoms with Crippen molar-refractivity contribution in [2.75, 3.05) is 6.61 Å². The maximum absolute atomic E-state index is 13.2. The molecule has 3 aromatic rings. The molecular formula is C18H15BrClNO4S. The molecule has 1 heterocycles. The van der Waals surface area contributed by atoms with E-state index in [1.807, 2.05) is 6.92 Å². The van der Waals surface area contributed by atoms with Crippen LogP contribution in [0.5, 0.6) is 0 Å². The third-order valence-electron chi connectivity index (χ3n) is 3.84. The Hall–Kier alpha value is -1.83. The Balaban J connectivity index is 2.34. The Morgan fingerprint density at radius 3 is 2.46 bits per heavy atom. The number of benzene rings is 2. The minimum atomic E-state index is -4.02. The van der Waals surface area contributed by atoms with Crippen LogP contribution >= 0.6 is 27.5 Å². The summed E-state index contributed by atoms with van der Waals surface area (Å²) in [5.41, 5.74) is 1.16. The molecule has 136 valence electrons. The second-order valence-corrected chi connectivity index (χ2v) is 8.71. The summed E-state index contributed by atoms with van der Waals surface area (Å²) < 4.78 is 33.1. The molecule has 8 heteroatoms. The molecule has 5 nitrogen and oxygen atoms in total. The summed E-state index contributed by atoms with van der Waals surface area (Å²) in [5, 5.41) is 0.895. The number of fused-ring (bicyclic) bond motifs is 1. The number of hydrogen-bond acceptors (Lipinski definition) is 4. The van der Waals surface area contributed by atoms with Gasteiger partial charge in [-0.15, -0.1) is 0 Å². The molecule has 0 unspecified atom stereocenters. The molecule has 0 radical (unpaired) electrons. The largest absolute Gasteiger partial charge is 0.461 e. The SMILES string of the molecule is CCOC(=O)c1cc2cc(Br)c(Cl)cc2n1S(=O)(=O)c1ccc(C)cc1. The van der Waals surface area contributed by atoms with Gasteiger partial charge in [0.15, 0.2) is 0 Å². The van der Waals surface area contributed by atoms with Gasteiger partial charge >= 0.3 is 5.97 Å². The van der Waals surface area contributed by atoms with Crippen molar-refractivity contribution in [2.24, 2.45) is 0 Å². The van der Waals surface area contributed by atoms with E-state index in [0.29, 0.717) is 20.4 Å². The molecule has 3 rings (SSSR count). The molecular weight excluding hydrogens is 442 g/mol. The van der Waals surface area contributed by atoms with Crippen molar-refractivity contribution in [1.29, 1.82) is 0 Å². The number of carbonyl (C=O) groups is 1. The van der Waals surface area contributed by atoms with Crippen LogP contribution in [-0.2, 0) is 14.8 Å². The highest BCUT2D eigenvalue weighted by molar-refractivity contribution is 9.10. The lowest BCUT2D eigenvalue weighted by Gasteiger charge is -2.12. The van der Waals surface area contributed by atoms with E-state index in [2.05, 4.69) is 15.9 Å². The van der Waals surface area contributed by atoms with Crippen molar-refractivity contribution in [3.63, 3.8) is 0 Å². The van der Waals surface area contributed by atoms with E-state index in [-0.39, 0.29) is 17.2 Å². The highest BCUT2D eigenvalue weighted by atomic mass is 79.9. The number of halogens is 2. The molecule has 0 amide bonds. The van der Waals surface area contributed by atoms with Crippen LogP contribution in [0.1, 0.15) is 23.0 Å². The van der Waals surface area contributed by atoms with Crippen LogP contribution in [0.25, 0.3) is 10.9 Å². The minimum absolute atomic E-state index is 0.0726. The average Bonchev–Trinajstić information content (AvgIpc) is 2.95. The molecule has 0 atom stereocenters. The van der Waals surface area contributed by atoms with E-state index < -0.39 is 16.0 Å². The van der Waals surface area contributed by atoms with Crippen molar-refractivity contribution in [1.82, 2.24) is 3.97 Å². The first kappa shape index (κ1) is 18.9. The van der Waals surface area contributed by atoms with Gasteiger partial charge in [0.2, 0.25) is 0 Å². The molecule has 0 N–H and O–H groups in total. The van der Waals surface area contributed by atoms with Gasteiger partial charge in [0.1, 0.15) is 5.69 Å². The Morgan fingerprint density at radius 2 is 1.85 bits per heavy atom. The van der Waals surface area contributed by atoms with Gasteiger partial charge in [-0.2, -0.15) is 0 Å². The Morgan fingerprint density at radius 1 is 1.19 bits per heavy atom. The number of nitrogens with zero attached hydrogens (tertiary/aromatic N) is 1. The van der Waals surface area contributed by atoms with Crippen molar-refractivity contribution in [2.45, 2.75) is 18.7 Å². The van der Waals surface area contributed by atoms with Gasteiger partial charge in [-0.05, 0) is 60.1 Å². The number of esters is 1. The van der Waals surface area contributed by atoms with Crippen LogP contribution in [0.3, 0.4) is 0 Å². The average molecular weight is 457 g/mol. The van der Waals surface area contributed by atoms with Gasteiger partial charge in [0.05, 0.1) is 22.0 Å². The second kappa shape index (κ2) is 7.06. The molecule has 0 fully saturated rings. The standard InChI is InChI=1S/C18H15BrClNO4S/c1-3-25-18(22)17-9-12-8-14(19)15(20)10-16(12)21(17)26(23,24)13-6-4-11(2)5-7-13/h4-10H,3H2,1-2H3. The molecule has 0 saturated carbocycles. The molecule has 0 aliphatic carbocycles. The normalized spacial score (nSPS) is 11.7. The quantitative estimate of drug-likeness (QED) is 0.530. The molecule has 26 heavy (non-hydrogen) atoms. The van der Waals surface area contributed by atoms with Crippen LogP contribution in [0.4, 0.5) is 0 Å². The number of aryl methyl sites for hydroxylation is 1. The van der Waals surface area contributed by atoms with Crippen molar-refractivity contribution < 1.29 is 17.9 Å². The lowest BCUT2D eigenvalue weighted by atomic mass is 10.2. The molecule has 0 saturated heterocycles. The Kier molecular flexibility index (Phi) is 5.14. The highest BCUT2D eigenvalue weighted by Crippen LogP contribution is 2.33. The van der Waals surface area contributed by atoms with Crippen molar-refractivity contribution in [3.8, 4) is 0 Å².